The van der Waals surface area contributed by atoms with Gasteiger partial charge in [-0.1, -0.05) is 17.7 Å². The number of rotatable bonds is 7. The lowest BCUT2D eigenvalue weighted by Gasteiger charge is -2.36. The zero-order valence-corrected chi connectivity index (χ0v) is 16.8. The van der Waals surface area contributed by atoms with Crippen molar-refractivity contribution >= 4 is 29.3 Å². The van der Waals surface area contributed by atoms with E-state index in [0.717, 1.165) is 67.9 Å². The maximum atomic E-state index is 6.29. The average molecular weight is 386 g/mol. The molecule has 140 valence electrons. The summed E-state index contributed by atoms with van der Waals surface area (Å²) in [5.74, 6) is 1.60. The van der Waals surface area contributed by atoms with Gasteiger partial charge in [-0.3, -0.25) is 4.99 Å². The number of aliphatic imine (C=N–C) groups is 1. The second-order valence-electron chi connectivity index (χ2n) is 6.06. The second-order valence-corrected chi connectivity index (χ2v) is 7.74. The predicted octanol–water partition coefficient (Wildman–Crippen LogP) is 2.97. The Labute approximate surface area is 159 Å². The first kappa shape index (κ1) is 20.2. The van der Waals surface area contributed by atoms with Crippen molar-refractivity contribution in [3.8, 4) is 5.75 Å². The Balaban J connectivity index is 1.80. The summed E-state index contributed by atoms with van der Waals surface area (Å²) >= 11 is 8.21. The number of hydrogen-bond donors (Lipinski definition) is 2. The Morgan fingerprint density at radius 3 is 2.72 bits per heavy atom. The van der Waals surface area contributed by atoms with Gasteiger partial charge in [0.1, 0.15) is 5.75 Å². The van der Waals surface area contributed by atoms with Crippen molar-refractivity contribution < 1.29 is 9.47 Å². The van der Waals surface area contributed by atoms with Crippen molar-refractivity contribution in [2.75, 3.05) is 46.7 Å². The minimum atomic E-state index is 0.231. The SMILES string of the molecule is CN=C(NCCc1ccc(OC)cc1Cl)NCC1(SC)CCOCC1. The molecular formula is C18H28ClN3O2S. The van der Waals surface area contributed by atoms with Gasteiger partial charge in [-0.25, -0.2) is 0 Å². The summed E-state index contributed by atoms with van der Waals surface area (Å²) in [4.78, 5) is 4.32. The molecule has 25 heavy (non-hydrogen) atoms. The molecular weight excluding hydrogens is 358 g/mol. The molecule has 0 aliphatic carbocycles. The maximum Gasteiger partial charge on any atom is 0.191 e. The molecule has 0 aromatic heterocycles. The summed E-state index contributed by atoms with van der Waals surface area (Å²) in [5, 5.41) is 7.55. The van der Waals surface area contributed by atoms with E-state index < -0.39 is 0 Å². The van der Waals surface area contributed by atoms with Crippen LogP contribution < -0.4 is 15.4 Å². The fraction of sp³-hybridized carbons (Fsp3) is 0.611. The van der Waals surface area contributed by atoms with Gasteiger partial charge in [-0.05, 0) is 43.2 Å². The van der Waals surface area contributed by atoms with E-state index in [0.29, 0.717) is 0 Å². The molecule has 7 heteroatoms. The van der Waals surface area contributed by atoms with E-state index >= 15 is 0 Å². The van der Waals surface area contributed by atoms with Crippen molar-refractivity contribution in [1.82, 2.24) is 10.6 Å². The molecule has 1 saturated heterocycles. The van der Waals surface area contributed by atoms with Crippen LogP contribution in [0.3, 0.4) is 0 Å². The molecule has 1 aromatic carbocycles. The van der Waals surface area contributed by atoms with Gasteiger partial charge in [-0.15, -0.1) is 0 Å². The fourth-order valence-corrected chi connectivity index (χ4v) is 3.89. The number of hydrogen-bond acceptors (Lipinski definition) is 4. The third-order valence-electron chi connectivity index (χ3n) is 4.59. The summed E-state index contributed by atoms with van der Waals surface area (Å²) in [6.45, 7) is 3.33. The minimum absolute atomic E-state index is 0.231. The molecule has 0 bridgehead atoms. The average Bonchev–Trinajstić information content (AvgIpc) is 2.66. The third-order valence-corrected chi connectivity index (χ3v) is 6.36. The minimum Gasteiger partial charge on any atom is -0.497 e. The van der Waals surface area contributed by atoms with Gasteiger partial charge in [0, 0.05) is 43.1 Å². The Morgan fingerprint density at radius 1 is 1.36 bits per heavy atom. The molecule has 1 aromatic rings. The van der Waals surface area contributed by atoms with Gasteiger partial charge in [0.15, 0.2) is 5.96 Å². The van der Waals surface area contributed by atoms with E-state index in [1.807, 2.05) is 30.0 Å². The van der Waals surface area contributed by atoms with Crippen molar-refractivity contribution in [3.63, 3.8) is 0 Å². The lowest BCUT2D eigenvalue weighted by atomic mass is 9.99. The molecule has 2 rings (SSSR count). The molecule has 0 saturated carbocycles. The highest BCUT2D eigenvalue weighted by molar-refractivity contribution is 8.00. The second kappa shape index (κ2) is 10.1. The van der Waals surface area contributed by atoms with Gasteiger partial charge in [0.25, 0.3) is 0 Å². The predicted molar refractivity (Wildman–Crippen MR) is 107 cm³/mol. The number of benzene rings is 1. The summed E-state index contributed by atoms with van der Waals surface area (Å²) in [6.07, 6.45) is 5.14. The molecule has 1 fully saturated rings. The molecule has 0 radical (unpaired) electrons. The third kappa shape index (κ3) is 5.97. The standard InChI is InChI=1S/C18H28ClN3O2S/c1-20-17(22-13-18(25-3)7-10-24-11-8-18)21-9-6-14-4-5-15(23-2)12-16(14)19/h4-5,12H,6-11,13H2,1-3H3,(H2,20,21,22). The summed E-state index contributed by atoms with van der Waals surface area (Å²) in [7, 11) is 3.44. The lowest BCUT2D eigenvalue weighted by molar-refractivity contribution is 0.0783. The van der Waals surface area contributed by atoms with Crippen LogP contribution >= 0.6 is 23.4 Å². The first-order valence-corrected chi connectivity index (χ1v) is 10.1. The summed E-state index contributed by atoms with van der Waals surface area (Å²) in [5.41, 5.74) is 1.09. The smallest absolute Gasteiger partial charge is 0.191 e. The Kier molecular flexibility index (Phi) is 8.19. The van der Waals surface area contributed by atoms with E-state index in [1.54, 1.807) is 14.2 Å². The monoisotopic (exact) mass is 385 g/mol. The lowest BCUT2D eigenvalue weighted by Crippen LogP contribution is -2.48. The zero-order chi connectivity index (χ0) is 18.1. The van der Waals surface area contributed by atoms with Crippen LogP contribution in [0.5, 0.6) is 5.75 Å². The van der Waals surface area contributed by atoms with Crippen LogP contribution in [-0.4, -0.2) is 57.4 Å². The van der Waals surface area contributed by atoms with E-state index in [-0.39, 0.29) is 4.75 Å². The largest absolute Gasteiger partial charge is 0.497 e. The van der Waals surface area contributed by atoms with Gasteiger partial charge in [0.2, 0.25) is 0 Å². The van der Waals surface area contributed by atoms with Gasteiger partial charge < -0.3 is 20.1 Å². The van der Waals surface area contributed by atoms with Crippen molar-refractivity contribution in [3.05, 3.63) is 28.8 Å². The number of nitrogens with zero attached hydrogens (tertiary/aromatic N) is 1. The van der Waals surface area contributed by atoms with E-state index in [1.165, 1.54) is 0 Å². The maximum absolute atomic E-state index is 6.29. The zero-order valence-electron chi connectivity index (χ0n) is 15.2. The number of ether oxygens (including phenoxy) is 2. The van der Waals surface area contributed by atoms with Crippen molar-refractivity contribution in [1.29, 1.82) is 0 Å². The molecule has 0 spiro atoms. The van der Waals surface area contributed by atoms with E-state index in [4.69, 9.17) is 21.1 Å². The molecule has 1 aliphatic heterocycles. The highest BCUT2D eigenvalue weighted by atomic mass is 35.5. The Morgan fingerprint density at radius 2 is 2.12 bits per heavy atom. The van der Waals surface area contributed by atoms with Crippen LogP contribution in [0.15, 0.2) is 23.2 Å². The number of nitrogens with one attached hydrogen (secondary N) is 2. The summed E-state index contributed by atoms with van der Waals surface area (Å²) in [6, 6.07) is 5.78. The van der Waals surface area contributed by atoms with E-state index in [2.05, 4.69) is 21.9 Å². The molecule has 0 unspecified atom stereocenters. The van der Waals surface area contributed by atoms with Gasteiger partial charge in [-0.2, -0.15) is 11.8 Å². The number of guanidine groups is 1. The van der Waals surface area contributed by atoms with Gasteiger partial charge >= 0.3 is 0 Å². The van der Waals surface area contributed by atoms with Crippen molar-refractivity contribution in [2.45, 2.75) is 24.0 Å². The van der Waals surface area contributed by atoms with Crippen LogP contribution in [-0.2, 0) is 11.2 Å². The van der Waals surface area contributed by atoms with Crippen LogP contribution in [0.4, 0.5) is 0 Å². The first-order valence-electron chi connectivity index (χ1n) is 8.52. The Bertz CT molecular complexity index is 577. The molecule has 1 aliphatic rings. The van der Waals surface area contributed by atoms with Crippen LogP contribution in [0.1, 0.15) is 18.4 Å². The van der Waals surface area contributed by atoms with Crippen molar-refractivity contribution in [2.24, 2.45) is 4.99 Å². The normalized spacial score (nSPS) is 17.2. The number of thioether (sulfide) groups is 1. The van der Waals surface area contributed by atoms with Crippen LogP contribution in [0.2, 0.25) is 5.02 Å². The topological polar surface area (TPSA) is 54.9 Å². The summed E-state index contributed by atoms with van der Waals surface area (Å²) < 4.78 is 10.9. The molecule has 0 amide bonds. The first-order chi connectivity index (χ1) is 12.1. The number of halogens is 1. The van der Waals surface area contributed by atoms with Crippen LogP contribution in [0, 0.1) is 0 Å². The highest BCUT2D eigenvalue weighted by Crippen LogP contribution is 2.32. The molecule has 2 N–H and O–H groups in total. The molecule has 0 atom stereocenters. The van der Waals surface area contributed by atoms with Gasteiger partial charge in [0.05, 0.1) is 7.11 Å². The quantitative estimate of drug-likeness (QED) is 0.558. The molecule has 5 nitrogen and oxygen atoms in total. The number of methoxy groups -OCH3 is 1. The van der Waals surface area contributed by atoms with E-state index in [9.17, 15) is 0 Å². The molecule has 1 heterocycles. The fourth-order valence-electron chi connectivity index (χ4n) is 2.84. The highest BCUT2D eigenvalue weighted by Gasteiger charge is 2.31. The Hall–Kier alpha value is -1.11. The van der Waals surface area contributed by atoms with Crippen LogP contribution in [0.25, 0.3) is 0 Å².